The molecule has 8 heteroatoms. The molecule has 0 saturated carbocycles. The molecule has 3 amide bonds. The molecule has 2 heterocycles. The Bertz CT molecular complexity index is 1130. The Labute approximate surface area is 205 Å². The van der Waals surface area contributed by atoms with Crippen LogP contribution in [0.25, 0.3) is 0 Å². The van der Waals surface area contributed by atoms with Gasteiger partial charge >= 0.3 is 0 Å². The summed E-state index contributed by atoms with van der Waals surface area (Å²) in [6.45, 7) is 9.47. The van der Waals surface area contributed by atoms with Crippen molar-refractivity contribution in [2.45, 2.75) is 52.1 Å². The maximum absolute atomic E-state index is 13.6. The van der Waals surface area contributed by atoms with Crippen LogP contribution in [0.2, 0.25) is 0 Å². The first-order valence-corrected chi connectivity index (χ1v) is 11.5. The summed E-state index contributed by atoms with van der Waals surface area (Å²) >= 11 is 0. The van der Waals surface area contributed by atoms with Crippen LogP contribution < -0.4 is 15.5 Å². The predicted molar refractivity (Wildman–Crippen MR) is 134 cm³/mol. The standard InChI is InChI=1S/C27H32N4O4/c1-18(2)19-8-10-21(11-9-19)31(23(32)17-29-25(33)22-7-6-16-35-22)24(20-12-14-28-15-13-20)26(34)30-27(3,4)5/h6-16,18,24H,17H2,1-5H3,(H,29,33)(H,30,34). The molecule has 184 valence electrons. The third kappa shape index (κ3) is 6.79. The number of aromatic nitrogens is 1. The average molecular weight is 477 g/mol. The van der Waals surface area contributed by atoms with Gasteiger partial charge < -0.3 is 15.1 Å². The van der Waals surface area contributed by atoms with Crippen LogP contribution in [-0.4, -0.2) is 34.8 Å². The lowest BCUT2D eigenvalue weighted by Crippen LogP contribution is -2.51. The van der Waals surface area contributed by atoms with Gasteiger partial charge in [0.05, 0.1) is 12.8 Å². The topological polar surface area (TPSA) is 105 Å². The van der Waals surface area contributed by atoms with Gasteiger partial charge in [-0.25, -0.2) is 0 Å². The second kappa shape index (κ2) is 11.0. The van der Waals surface area contributed by atoms with Gasteiger partial charge in [0.1, 0.15) is 6.04 Å². The molecule has 0 fully saturated rings. The molecule has 0 aliphatic rings. The van der Waals surface area contributed by atoms with Gasteiger partial charge in [-0.15, -0.1) is 0 Å². The number of hydrogen-bond donors (Lipinski definition) is 2. The molecule has 35 heavy (non-hydrogen) atoms. The molecule has 1 unspecified atom stereocenters. The van der Waals surface area contributed by atoms with E-state index in [-0.39, 0.29) is 18.2 Å². The minimum absolute atomic E-state index is 0.0989. The second-order valence-electron chi connectivity index (χ2n) is 9.59. The van der Waals surface area contributed by atoms with E-state index in [2.05, 4.69) is 29.5 Å². The number of benzene rings is 1. The van der Waals surface area contributed by atoms with Crippen molar-refractivity contribution in [1.29, 1.82) is 0 Å². The average Bonchev–Trinajstić information content (AvgIpc) is 3.35. The number of nitrogens with one attached hydrogen (secondary N) is 2. The maximum atomic E-state index is 13.6. The zero-order valence-electron chi connectivity index (χ0n) is 20.7. The zero-order valence-corrected chi connectivity index (χ0v) is 20.7. The fourth-order valence-electron chi connectivity index (χ4n) is 3.59. The van der Waals surface area contributed by atoms with E-state index < -0.39 is 23.4 Å². The molecule has 0 radical (unpaired) electrons. The Balaban J connectivity index is 2.01. The second-order valence-corrected chi connectivity index (χ2v) is 9.59. The van der Waals surface area contributed by atoms with Gasteiger partial charge in [0.25, 0.3) is 5.91 Å². The third-order valence-corrected chi connectivity index (χ3v) is 5.28. The van der Waals surface area contributed by atoms with Crippen molar-refractivity contribution in [2.24, 2.45) is 0 Å². The number of pyridine rings is 1. The first-order chi connectivity index (χ1) is 16.6. The Kier molecular flexibility index (Phi) is 8.06. The number of rotatable bonds is 8. The molecular formula is C27H32N4O4. The molecule has 0 aliphatic carbocycles. The summed E-state index contributed by atoms with van der Waals surface area (Å²) in [5.74, 6) is -0.906. The minimum Gasteiger partial charge on any atom is -0.459 e. The maximum Gasteiger partial charge on any atom is 0.287 e. The molecule has 3 rings (SSSR count). The summed E-state index contributed by atoms with van der Waals surface area (Å²) < 4.78 is 5.11. The van der Waals surface area contributed by atoms with E-state index >= 15 is 0 Å². The Hall–Kier alpha value is -3.94. The van der Waals surface area contributed by atoms with Gasteiger partial charge in [0.15, 0.2) is 5.76 Å². The largest absolute Gasteiger partial charge is 0.459 e. The number of carbonyl (C=O) groups excluding carboxylic acids is 3. The van der Waals surface area contributed by atoms with Gasteiger partial charge in [0, 0.05) is 23.6 Å². The SMILES string of the molecule is CC(C)c1ccc(N(C(=O)CNC(=O)c2ccco2)C(C(=O)NC(C)(C)C)c2ccncc2)cc1. The van der Waals surface area contributed by atoms with Gasteiger partial charge in [0.2, 0.25) is 11.8 Å². The quantitative estimate of drug-likeness (QED) is 0.507. The van der Waals surface area contributed by atoms with Crippen LogP contribution in [0.3, 0.4) is 0 Å². The summed E-state index contributed by atoms with van der Waals surface area (Å²) in [6, 6.07) is 13.1. The lowest BCUT2D eigenvalue weighted by Gasteiger charge is -2.34. The lowest BCUT2D eigenvalue weighted by molar-refractivity contribution is -0.127. The van der Waals surface area contributed by atoms with Crippen molar-refractivity contribution in [1.82, 2.24) is 15.6 Å². The van der Waals surface area contributed by atoms with Gasteiger partial charge in [-0.2, -0.15) is 0 Å². The molecular weight excluding hydrogens is 444 g/mol. The van der Waals surface area contributed by atoms with Crippen molar-refractivity contribution in [2.75, 3.05) is 11.4 Å². The minimum atomic E-state index is -0.977. The first-order valence-electron chi connectivity index (χ1n) is 11.5. The van der Waals surface area contributed by atoms with Crippen LogP contribution in [-0.2, 0) is 9.59 Å². The molecule has 1 atom stereocenters. The van der Waals surface area contributed by atoms with Crippen LogP contribution in [0.15, 0.2) is 71.6 Å². The third-order valence-electron chi connectivity index (χ3n) is 5.28. The van der Waals surface area contributed by atoms with Crippen molar-refractivity contribution in [3.05, 3.63) is 84.1 Å². The summed E-state index contributed by atoms with van der Waals surface area (Å²) in [6.07, 6.45) is 4.54. The van der Waals surface area contributed by atoms with E-state index in [4.69, 9.17) is 4.42 Å². The van der Waals surface area contributed by atoms with E-state index in [1.807, 2.05) is 45.0 Å². The Morgan fingerprint density at radius 2 is 1.63 bits per heavy atom. The first kappa shape index (κ1) is 25.7. The zero-order chi connectivity index (χ0) is 25.6. The molecule has 0 bridgehead atoms. The van der Waals surface area contributed by atoms with E-state index in [9.17, 15) is 14.4 Å². The number of furan rings is 1. The van der Waals surface area contributed by atoms with Crippen molar-refractivity contribution >= 4 is 23.4 Å². The number of nitrogens with zero attached hydrogens (tertiary/aromatic N) is 2. The number of carbonyl (C=O) groups is 3. The monoisotopic (exact) mass is 476 g/mol. The van der Waals surface area contributed by atoms with E-state index in [1.54, 1.807) is 30.6 Å². The Morgan fingerprint density at radius 3 is 2.17 bits per heavy atom. The van der Waals surface area contributed by atoms with Crippen molar-refractivity contribution in [3.63, 3.8) is 0 Å². The lowest BCUT2D eigenvalue weighted by atomic mass is 10.00. The fourth-order valence-corrected chi connectivity index (χ4v) is 3.59. The number of hydrogen-bond acceptors (Lipinski definition) is 5. The highest BCUT2D eigenvalue weighted by atomic mass is 16.3. The normalized spacial score (nSPS) is 12.2. The van der Waals surface area contributed by atoms with Crippen molar-refractivity contribution in [3.8, 4) is 0 Å². The van der Waals surface area contributed by atoms with Crippen molar-refractivity contribution < 1.29 is 18.8 Å². The highest BCUT2D eigenvalue weighted by Gasteiger charge is 2.34. The molecule has 2 N–H and O–H groups in total. The summed E-state index contributed by atoms with van der Waals surface area (Å²) in [5, 5.41) is 5.57. The summed E-state index contributed by atoms with van der Waals surface area (Å²) in [7, 11) is 0. The highest BCUT2D eigenvalue weighted by molar-refractivity contribution is 6.04. The van der Waals surface area contributed by atoms with Crippen LogP contribution in [0.1, 0.15) is 68.3 Å². The molecule has 0 saturated heterocycles. The molecule has 3 aromatic rings. The smallest absolute Gasteiger partial charge is 0.287 e. The van der Waals surface area contributed by atoms with E-state index in [1.165, 1.54) is 17.2 Å². The molecule has 0 spiro atoms. The number of anilines is 1. The van der Waals surface area contributed by atoms with E-state index in [0.29, 0.717) is 17.2 Å². The van der Waals surface area contributed by atoms with Crippen LogP contribution in [0.5, 0.6) is 0 Å². The Morgan fingerprint density at radius 1 is 0.971 bits per heavy atom. The summed E-state index contributed by atoms with van der Waals surface area (Å²) in [5.41, 5.74) is 1.72. The predicted octanol–water partition coefficient (Wildman–Crippen LogP) is 4.22. The summed E-state index contributed by atoms with van der Waals surface area (Å²) in [4.78, 5) is 45.0. The van der Waals surface area contributed by atoms with Gasteiger partial charge in [-0.3, -0.25) is 24.3 Å². The molecule has 2 aromatic heterocycles. The van der Waals surface area contributed by atoms with Crippen LogP contribution in [0, 0.1) is 0 Å². The van der Waals surface area contributed by atoms with Crippen LogP contribution in [0.4, 0.5) is 5.69 Å². The van der Waals surface area contributed by atoms with E-state index in [0.717, 1.165) is 5.56 Å². The number of amides is 3. The molecule has 8 nitrogen and oxygen atoms in total. The van der Waals surface area contributed by atoms with Gasteiger partial charge in [-0.1, -0.05) is 26.0 Å². The van der Waals surface area contributed by atoms with Gasteiger partial charge in [-0.05, 0) is 74.2 Å². The van der Waals surface area contributed by atoms with Crippen LogP contribution >= 0.6 is 0 Å². The highest BCUT2D eigenvalue weighted by Crippen LogP contribution is 2.30. The fraction of sp³-hybridized carbons (Fsp3) is 0.333. The molecule has 0 aliphatic heterocycles. The molecule has 1 aromatic carbocycles.